The van der Waals surface area contributed by atoms with Gasteiger partial charge in [-0.3, -0.25) is 0 Å². The molecule has 1 saturated heterocycles. The van der Waals surface area contributed by atoms with Gasteiger partial charge in [0.25, 0.3) is 0 Å². The SMILES string of the molecule is COC1CC(C)(OC)C(O)(P)C(C)O1. The Bertz CT molecular complexity index is 209. The van der Waals surface area contributed by atoms with Crippen LogP contribution in [0.5, 0.6) is 0 Å². The first-order chi connectivity index (χ1) is 6.37. The fourth-order valence-corrected chi connectivity index (χ4v) is 1.99. The van der Waals surface area contributed by atoms with Crippen molar-refractivity contribution in [1.29, 1.82) is 0 Å². The van der Waals surface area contributed by atoms with E-state index in [0.717, 1.165) is 0 Å². The van der Waals surface area contributed by atoms with Gasteiger partial charge in [-0.1, -0.05) is 9.24 Å². The van der Waals surface area contributed by atoms with Crippen LogP contribution >= 0.6 is 9.24 Å². The number of hydrogen-bond donors (Lipinski definition) is 1. The van der Waals surface area contributed by atoms with Crippen LogP contribution in [0.1, 0.15) is 20.3 Å². The van der Waals surface area contributed by atoms with Gasteiger partial charge in [0.05, 0.1) is 6.10 Å². The molecule has 0 bridgehead atoms. The molecule has 1 heterocycles. The van der Waals surface area contributed by atoms with Gasteiger partial charge in [-0.15, -0.1) is 0 Å². The Kier molecular flexibility index (Phi) is 3.55. The van der Waals surface area contributed by atoms with Crippen LogP contribution in [0.2, 0.25) is 0 Å². The molecule has 1 aliphatic rings. The zero-order chi connectivity index (χ0) is 11.0. The molecule has 0 aromatic rings. The van der Waals surface area contributed by atoms with Crippen LogP contribution in [-0.2, 0) is 14.2 Å². The third kappa shape index (κ3) is 1.82. The molecular weight excluding hydrogens is 203 g/mol. The molecule has 1 rings (SSSR count). The van der Waals surface area contributed by atoms with Gasteiger partial charge in [0, 0.05) is 20.6 Å². The standard InChI is InChI=1S/C9H19O4P/c1-6-9(10,14)8(2,12-4)5-7(11-3)13-6/h6-7,10H,5,14H2,1-4H3. The second-order valence-corrected chi connectivity index (χ2v) is 4.79. The number of rotatable bonds is 2. The van der Waals surface area contributed by atoms with Gasteiger partial charge < -0.3 is 19.3 Å². The number of hydrogen-bond acceptors (Lipinski definition) is 4. The molecule has 0 aromatic heterocycles. The molecule has 0 aliphatic carbocycles. The number of methoxy groups -OCH3 is 2. The van der Waals surface area contributed by atoms with Gasteiger partial charge in [-0.2, -0.15) is 0 Å². The molecule has 5 atom stereocenters. The first-order valence-corrected chi connectivity index (χ1v) is 5.20. The van der Waals surface area contributed by atoms with Gasteiger partial charge in [0.15, 0.2) is 6.29 Å². The largest absolute Gasteiger partial charge is 0.380 e. The van der Waals surface area contributed by atoms with Gasteiger partial charge >= 0.3 is 0 Å². The molecule has 0 aromatic carbocycles. The van der Waals surface area contributed by atoms with Crippen molar-refractivity contribution in [3.63, 3.8) is 0 Å². The summed E-state index contributed by atoms with van der Waals surface area (Å²) >= 11 is 0. The van der Waals surface area contributed by atoms with Gasteiger partial charge in [-0.25, -0.2) is 0 Å². The number of aliphatic hydroxyl groups is 1. The summed E-state index contributed by atoms with van der Waals surface area (Å²) in [7, 11) is 5.57. The minimum Gasteiger partial charge on any atom is -0.380 e. The van der Waals surface area contributed by atoms with E-state index in [-0.39, 0.29) is 12.4 Å². The second-order valence-electron chi connectivity index (χ2n) is 3.91. The zero-order valence-electron chi connectivity index (χ0n) is 9.11. The lowest BCUT2D eigenvalue weighted by molar-refractivity contribution is -0.283. The Morgan fingerprint density at radius 2 is 2.07 bits per heavy atom. The fourth-order valence-electron chi connectivity index (χ4n) is 1.68. The number of ether oxygens (including phenoxy) is 3. The van der Waals surface area contributed by atoms with Crippen molar-refractivity contribution >= 4 is 9.24 Å². The van der Waals surface area contributed by atoms with Crippen LogP contribution in [0.3, 0.4) is 0 Å². The first kappa shape index (κ1) is 12.3. The topological polar surface area (TPSA) is 47.9 Å². The molecule has 0 radical (unpaired) electrons. The lowest BCUT2D eigenvalue weighted by Gasteiger charge is -2.50. The third-order valence-electron chi connectivity index (χ3n) is 3.09. The Morgan fingerprint density at radius 3 is 2.50 bits per heavy atom. The monoisotopic (exact) mass is 222 g/mol. The van der Waals surface area contributed by atoms with E-state index in [2.05, 4.69) is 9.24 Å². The molecule has 0 spiro atoms. The predicted molar refractivity (Wildman–Crippen MR) is 56.0 cm³/mol. The van der Waals surface area contributed by atoms with Crippen molar-refractivity contribution in [1.82, 2.24) is 0 Å². The van der Waals surface area contributed by atoms with Crippen molar-refractivity contribution in [2.75, 3.05) is 14.2 Å². The average molecular weight is 222 g/mol. The van der Waals surface area contributed by atoms with Crippen molar-refractivity contribution in [2.45, 2.75) is 43.6 Å². The van der Waals surface area contributed by atoms with Gasteiger partial charge in [0.2, 0.25) is 0 Å². The highest BCUT2D eigenvalue weighted by Crippen LogP contribution is 2.44. The van der Waals surface area contributed by atoms with Crippen LogP contribution in [0, 0.1) is 0 Å². The summed E-state index contributed by atoms with van der Waals surface area (Å²) in [6.45, 7) is 3.65. The van der Waals surface area contributed by atoms with Crippen LogP contribution in [0.15, 0.2) is 0 Å². The maximum atomic E-state index is 10.2. The van der Waals surface area contributed by atoms with E-state index in [4.69, 9.17) is 14.2 Å². The Labute approximate surface area is 87.1 Å². The average Bonchev–Trinajstić information content (AvgIpc) is 2.14. The fraction of sp³-hybridized carbons (Fsp3) is 1.00. The van der Waals surface area contributed by atoms with Crippen molar-refractivity contribution < 1.29 is 19.3 Å². The highest BCUT2D eigenvalue weighted by atomic mass is 31.0. The van der Waals surface area contributed by atoms with E-state index in [1.807, 2.05) is 6.92 Å². The van der Waals surface area contributed by atoms with Crippen molar-refractivity contribution in [2.24, 2.45) is 0 Å². The zero-order valence-corrected chi connectivity index (χ0v) is 10.3. The van der Waals surface area contributed by atoms with Crippen molar-refractivity contribution in [3.8, 4) is 0 Å². The summed E-state index contributed by atoms with van der Waals surface area (Å²) in [6, 6.07) is 0. The minimum atomic E-state index is -1.09. The molecule has 5 unspecified atom stereocenters. The van der Waals surface area contributed by atoms with Gasteiger partial charge in [-0.05, 0) is 13.8 Å². The van der Waals surface area contributed by atoms with E-state index in [9.17, 15) is 5.11 Å². The first-order valence-electron chi connectivity index (χ1n) is 4.62. The van der Waals surface area contributed by atoms with Crippen LogP contribution in [0.25, 0.3) is 0 Å². The Hall–Kier alpha value is 0.270. The summed E-state index contributed by atoms with van der Waals surface area (Å²) in [5.41, 5.74) is -0.671. The van der Waals surface area contributed by atoms with Crippen LogP contribution < -0.4 is 0 Å². The summed E-state index contributed by atoms with van der Waals surface area (Å²) in [5, 5.41) is 9.15. The molecule has 1 N–H and O–H groups in total. The molecular formula is C9H19O4P. The smallest absolute Gasteiger partial charge is 0.160 e. The summed E-state index contributed by atoms with van der Waals surface area (Å²) in [4.78, 5) is 0. The second kappa shape index (κ2) is 4.03. The van der Waals surface area contributed by atoms with Crippen LogP contribution in [0.4, 0.5) is 0 Å². The van der Waals surface area contributed by atoms with E-state index in [0.29, 0.717) is 6.42 Å². The van der Waals surface area contributed by atoms with E-state index >= 15 is 0 Å². The summed E-state index contributed by atoms with van der Waals surface area (Å²) in [5.74, 6) is 0. The Morgan fingerprint density at radius 1 is 1.50 bits per heavy atom. The van der Waals surface area contributed by atoms with E-state index in [1.165, 1.54) is 0 Å². The lowest BCUT2D eigenvalue weighted by Crippen LogP contribution is -2.62. The third-order valence-corrected chi connectivity index (χ3v) is 4.17. The molecule has 4 nitrogen and oxygen atoms in total. The predicted octanol–water partition coefficient (Wildman–Crippen LogP) is 0.736. The van der Waals surface area contributed by atoms with Gasteiger partial charge in [0.1, 0.15) is 10.9 Å². The normalized spacial score (nSPS) is 49.3. The maximum absolute atomic E-state index is 10.2. The molecule has 5 heteroatoms. The maximum Gasteiger partial charge on any atom is 0.160 e. The van der Waals surface area contributed by atoms with E-state index < -0.39 is 10.9 Å². The van der Waals surface area contributed by atoms with Crippen molar-refractivity contribution in [3.05, 3.63) is 0 Å². The van der Waals surface area contributed by atoms with Crippen LogP contribution in [-0.4, -0.2) is 42.7 Å². The molecule has 0 amide bonds. The highest BCUT2D eigenvalue weighted by Gasteiger charge is 2.54. The molecule has 1 aliphatic heterocycles. The molecule has 0 saturated carbocycles. The highest BCUT2D eigenvalue weighted by molar-refractivity contribution is 7.18. The molecule has 1 fully saturated rings. The Balaban J connectivity index is 2.89. The lowest BCUT2D eigenvalue weighted by atomic mass is 9.87. The summed E-state index contributed by atoms with van der Waals surface area (Å²) < 4.78 is 16.0. The quantitative estimate of drug-likeness (QED) is 0.700. The minimum absolute atomic E-state index is 0.323. The summed E-state index contributed by atoms with van der Waals surface area (Å²) in [6.07, 6.45) is -0.170. The van der Waals surface area contributed by atoms with E-state index in [1.54, 1.807) is 21.1 Å². The molecule has 84 valence electrons. The molecule has 14 heavy (non-hydrogen) atoms.